The Balaban J connectivity index is 1.79. The smallest absolute Gasteiger partial charge is 0.237 e. The van der Waals surface area contributed by atoms with Gasteiger partial charge in [-0.05, 0) is 50.5 Å². The lowest BCUT2D eigenvalue weighted by atomic mass is 9.82. The monoisotopic (exact) mass is 318 g/mol. The van der Waals surface area contributed by atoms with Gasteiger partial charge in [-0.25, -0.2) is 0 Å². The van der Waals surface area contributed by atoms with Gasteiger partial charge in [-0.2, -0.15) is 0 Å². The number of H-pyrrole nitrogens is 1. The fraction of sp³-hybridized carbons (Fsp3) is 0.286. The third-order valence-corrected chi connectivity index (χ3v) is 5.22. The Labute approximate surface area is 142 Å². The zero-order chi connectivity index (χ0) is 16.9. The predicted molar refractivity (Wildman–Crippen MR) is 98.4 cm³/mol. The van der Waals surface area contributed by atoms with Crippen LogP contribution >= 0.6 is 0 Å². The van der Waals surface area contributed by atoms with E-state index in [1.54, 1.807) is 0 Å². The topological polar surface area (TPSA) is 36.1 Å². The summed E-state index contributed by atoms with van der Waals surface area (Å²) in [7, 11) is 0. The Hall–Kier alpha value is -2.55. The van der Waals surface area contributed by atoms with Gasteiger partial charge in [0.05, 0.1) is 5.41 Å². The lowest BCUT2D eigenvalue weighted by Crippen LogP contribution is -2.46. The number of amides is 1. The van der Waals surface area contributed by atoms with Crippen LogP contribution in [0.4, 0.5) is 5.69 Å². The van der Waals surface area contributed by atoms with Crippen molar-refractivity contribution in [2.75, 3.05) is 4.90 Å². The van der Waals surface area contributed by atoms with Crippen LogP contribution in [0.3, 0.4) is 0 Å². The Morgan fingerprint density at radius 3 is 2.67 bits per heavy atom. The van der Waals surface area contributed by atoms with Gasteiger partial charge in [-0.15, -0.1) is 0 Å². The summed E-state index contributed by atoms with van der Waals surface area (Å²) in [6, 6.07) is 16.6. The number of nitrogens with one attached hydrogen (secondary N) is 1. The van der Waals surface area contributed by atoms with Crippen LogP contribution in [-0.4, -0.2) is 16.9 Å². The Bertz CT molecular complexity index is 922. The van der Waals surface area contributed by atoms with E-state index < -0.39 is 5.41 Å². The Morgan fingerprint density at radius 1 is 1.12 bits per heavy atom. The second kappa shape index (κ2) is 5.23. The molecule has 0 aliphatic carbocycles. The first-order valence-electron chi connectivity index (χ1n) is 8.48. The first kappa shape index (κ1) is 15.0. The van der Waals surface area contributed by atoms with E-state index in [-0.39, 0.29) is 11.9 Å². The quantitative estimate of drug-likeness (QED) is 0.746. The average molecular weight is 318 g/mol. The molecule has 1 N–H and O–H groups in total. The minimum absolute atomic E-state index is 0.157. The molecule has 1 atom stereocenters. The van der Waals surface area contributed by atoms with Crippen LogP contribution in [0.25, 0.3) is 10.9 Å². The van der Waals surface area contributed by atoms with E-state index >= 15 is 0 Å². The van der Waals surface area contributed by atoms with Gasteiger partial charge in [-0.3, -0.25) is 4.79 Å². The Morgan fingerprint density at radius 2 is 1.83 bits per heavy atom. The standard InChI is InChI=1S/C21H22N2O/c1-14-12-15-8-4-7-11-19(15)23(14)20(24)21(2,3)17-13-22-18-10-6-5-9-16(17)18/h4-11,13-14,22H,12H2,1-3H3. The van der Waals surface area contributed by atoms with Gasteiger partial charge in [-0.1, -0.05) is 36.4 Å². The van der Waals surface area contributed by atoms with Crippen LogP contribution in [0.1, 0.15) is 31.9 Å². The number of nitrogens with zero attached hydrogens (tertiary/aromatic N) is 1. The van der Waals surface area contributed by atoms with Crippen LogP contribution < -0.4 is 4.90 Å². The molecule has 3 nitrogen and oxygen atoms in total. The molecule has 122 valence electrons. The minimum Gasteiger partial charge on any atom is -0.361 e. The maximum absolute atomic E-state index is 13.5. The zero-order valence-corrected chi connectivity index (χ0v) is 14.3. The van der Waals surface area contributed by atoms with Crippen molar-refractivity contribution in [2.24, 2.45) is 0 Å². The normalized spacial score (nSPS) is 17.3. The number of hydrogen-bond donors (Lipinski definition) is 1. The number of carbonyl (C=O) groups excluding carboxylic acids is 1. The highest BCUT2D eigenvalue weighted by molar-refractivity contribution is 6.05. The van der Waals surface area contributed by atoms with Gasteiger partial charge in [0.25, 0.3) is 0 Å². The number of aromatic amines is 1. The summed E-state index contributed by atoms with van der Waals surface area (Å²) in [5, 5.41) is 1.12. The van der Waals surface area contributed by atoms with E-state index in [0.717, 1.165) is 28.6 Å². The van der Waals surface area contributed by atoms with Crippen molar-refractivity contribution >= 4 is 22.5 Å². The van der Waals surface area contributed by atoms with Crippen LogP contribution in [0, 0.1) is 0 Å². The molecule has 0 bridgehead atoms. The third kappa shape index (κ3) is 2.08. The van der Waals surface area contributed by atoms with E-state index in [1.165, 1.54) is 5.56 Å². The second-order valence-corrected chi connectivity index (χ2v) is 7.23. The molecule has 1 aromatic heterocycles. The molecule has 2 heterocycles. The van der Waals surface area contributed by atoms with Crippen LogP contribution in [0.5, 0.6) is 0 Å². The maximum Gasteiger partial charge on any atom is 0.237 e. The summed E-state index contributed by atoms with van der Waals surface area (Å²) in [4.78, 5) is 18.8. The number of fused-ring (bicyclic) bond motifs is 2. The fourth-order valence-corrected chi connectivity index (χ4v) is 3.88. The van der Waals surface area contributed by atoms with Crippen molar-refractivity contribution in [1.82, 2.24) is 4.98 Å². The summed E-state index contributed by atoms with van der Waals surface area (Å²) in [5.74, 6) is 0.157. The maximum atomic E-state index is 13.5. The molecule has 0 radical (unpaired) electrons. The number of carbonyl (C=O) groups is 1. The molecule has 0 saturated carbocycles. The lowest BCUT2D eigenvalue weighted by molar-refractivity contribution is -0.123. The zero-order valence-electron chi connectivity index (χ0n) is 14.3. The van der Waals surface area contributed by atoms with Gasteiger partial charge in [0.1, 0.15) is 0 Å². The number of benzene rings is 2. The summed E-state index contributed by atoms with van der Waals surface area (Å²) in [6.07, 6.45) is 2.90. The number of hydrogen-bond acceptors (Lipinski definition) is 1. The molecule has 1 unspecified atom stereocenters. The molecular weight excluding hydrogens is 296 g/mol. The van der Waals surface area contributed by atoms with Crippen molar-refractivity contribution in [1.29, 1.82) is 0 Å². The van der Waals surface area contributed by atoms with Crippen molar-refractivity contribution < 1.29 is 4.79 Å². The van der Waals surface area contributed by atoms with Crippen molar-refractivity contribution in [3.63, 3.8) is 0 Å². The number of anilines is 1. The predicted octanol–water partition coefficient (Wildman–Crippen LogP) is 4.42. The first-order chi connectivity index (χ1) is 11.5. The van der Waals surface area contributed by atoms with Gasteiger partial charge >= 0.3 is 0 Å². The molecule has 0 saturated heterocycles. The van der Waals surface area contributed by atoms with Gasteiger partial charge < -0.3 is 9.88 Å². The van der Waals surface area contributed by atoms with E-state index in [0.29, 0.717) is 0 Å². The molecular formula is C21H22N2O. The number of rotatable bonds is 2. The molecule has 1 aliphatic rings. The average Bonchev–Trinajstić information content (AvgIpc) is 3.14. The SMILES string of the molecule is CC1Cc2ccccc2N1C(=O)C(C)(C)c1c[nH]c2ccccc12. The summed E-state index contributed by atoms with van der Waals surface area (Å²) < 4.78 is 0. The lowest BCUT2D eigenvalue weighted by Gasteiger charge is -2.32. The highest BCUT2D eigenvalue weighted by Gasteiger charge is 2.40. The summed E-state index contributed by atoms with van der Waals surface area (Å²) in [5.41, 5.74) is 3.85. The van der Waals surface area contributed by atoms with Gasteiger partial charge in [0.15, 0.2) is 0 Å². The molecule has 1 aliphatic heterocycles. The summed E-state index contributed by atoms with van der Waals surface area (Å²) in [6.45, 7) is 6.18. The molecule has 3 aromatic rings. The largest absolute Gasteiger partial charge is 0.361 e. The second-order valence-electron chi connectivity index (χ2n) is 7.23. The highest BCUT2D eigenvalue weighted by atomic mass is 16.2. The molecule has 0 spiro atoms. The van der Waals surface area contributed by atoms with E-state index in [4.69, 9.17) is 0 Å². The molecule has 3 heteroatoms. The third-order valence-electron chi connectivity index (χ3n) is 5.22. The first-order valence-corrected chi connectivity index (χ1v) is 8.48. The van der Waals surface area contributed by atoms with Gasteiger partial charge in [0.2, 0.25) is 5.91 Å². The summed E-state index contributed by atoms with van der Waals surface area (Å²) >= 11 is 0. The van der Waals surface area contributed by atoms with Crippen molar-refractivity contribution in [3.05, 3.63) is 65.9 Å². The number of aromatic nitrogens is 1. The van der Waals surface area contributed by atoms with E-state index in [9.17, 15) is 4.79 Å². The molecule has 4 rings (SSSR count). The highest BCUT2D eigenvalue weighted by Crippen LogP contribution is 2.38. The molecule has 0 fully saturated rings. The van der Waals surface area contributed by atoms with Gasteiger partial charge in [0, 0.05) is 28.8 Å². The fourth-order valence-electron chi connectivity index (χ4n) is 3.88. The molecule has 1 amide bonds. The van der Waals surface area contributed by atoms with Crippen molar-refractivity contribution in [2.45, 2.75) is 38.6 Å². The Kier molecular flexibility index (Phi) is 3.27. The molecule has 24 heavy (non-hydrogen) atoms. The van der Waals surface area contributed by atoms with Crippen LogP contribution in [0.15, 0.2) is 54.7 Å². The number of para-hydroxylation sites is 2. The van der Waals surface area contributed by atoms with Crippen molar-refractivity contribution in [3.8, 4) is 0 Å². The van der Waals surface area contributed by atoms with E-state index in [2.05, 4.69) is 30.1 Å². The van der Waals surface area contributed by atoms with Crippen LogP contribution in [-0.2, 0) is 16.6 Å². The minimum atomic E-state index is -0.592. The van der Waals surface area contributed by atoms with E-state index in [1.807, 2.05) is 55.3 Å². The molecule has 2 aromatic carbocycles. The van der Waals surface area contributed by atoms with Crippen LogP contribution in [0.2, 0.25) is 0 Å².